The van der Waals surface area contributed by atoms with E-state index in [1.807, 2.05) is 6.92 Å². The minimum absolute atomic E-state index is 0.278. The summed E-state index contributed by atoms with van der Waals surface area (Å²) < 4.78 is 0. The molecule has 102 valence electrons. The van der Waals surface area contributed by atoms with Gasteiger partial charge < -0.3 is 5.11 Å². The molecule has 17 heavy (non-hydrogen) atoms. The third-order valence-corrected chi connectivity index (χ3v) is 3.74. The molecule has 0 spiro atoms. The highest BCUT2D eigenvalue weighted by Gasteiger charge is 2.03. The lowest BCUT2D eigenvalue weighted by molar-refractivity contribution is 0.196. The molecule has 0 aliphatic heterocycles. The molecule has 0 radical (unpaired) electrons. The summed E-state index contributed by atoms with van der Waals surface area (Å²) in [6, 6.07) is 0. The molecule has 0 fully saturated rings. The van der Waals surface area contributed by atoms with E-state index < -0.39 is 0 Å². The van der Waals surface area contributed by atoms with Crippen molar-refractivity contribution in [2.24, 2.45) is 0 Å². The molecule has 0 aromatic carbocycles. The maximum Gasteiger partial charge on any atom is 0.0744 e. The quantitative estimate of drug-likeness (QED) is 0.298. The van der Waals surface area contributed by atoms with Crippen molar-refractivity contribution in [2.75, 3.05) is 5.33 Å². The highest BCUT2D eigenvalue weighted by Crippen LogP contribution is 2.13. The monoisotopic (exact) mass is 304 g/mol. The predicted molar refractivity (Wildman–Crippen MR) is 80.8 cm³/mol. The number of aliphatic hydroxyl groups excluding tert-OH is 1. The van der Waals surface area contributed by atoms with E-state index in [1.54, 1.807) is 0 Å². The lowest BCUT2D eigenvalue weighted by Crippen LogP contribution is -2.06. The van der Waals surface area contributed by atoms with Crippen LogP contribution in [-0.2, 0) is 0 Å². The molecule has 0 aliphatic rings. The van der Waals surface area contributed by atoms with Crippen LogP contribution in [-0.4, -0.2) is 16.5 Å². The Morgan fingerprint density at radius 2 is 1.35 bits per heavy atom. The first kappa shape index (κ1) is 17.2. The van der Waals surface area contributed by atoms with Gasteiger partial charge in [-0.25, -0.2) is 0 Å². The molecule has 0 rings (SSSR count). The van der Waals surface area contributed by atoms with Gasteiger partial charge in [0.1, 0.15) is 0 Å². The SMILES string of the molecule is C=C(C)C(O)CCCCCCCCCCCBr. The van der Waals surface area contributed by atoms with E-state index in [4.69, 9.17) is 0 Å². The Hall–Kier alpha value is 0.180. The third-order valence-electron chi connectivity index (χ3n) is 3.18. The van der Waals surface area contributed by atoms with Gasteiger partial charge in [0.05, 0.1) is 6.10 Å². The van der Waals surface area contributed by atoms with Crippen LogP contribution in [0.15, 0.2) is 12.2 Å². The van der Waals surface area contributed by atoms with Gasteiger partial charge in [-0.1, -0.05) is 79.4 Å². The van der Waals surface area contributed by atoms with Gasteiger partial charge in [-0.15, -0.1) is 0 Å². The summed E-state index contributed by atoms with van der Waals surface area (Å²) in [5, 5.41) is 10.7. The third kappa shape index (κ3) is 12.4. The normalized spacial score (nSPS) is 12.6. The van der Waals surface area contributed by atoms with Crippen molar-refractivity contribution in [1.82, 2.24) is 0 Å². The van der Waals surface area contributed by atoms with Crippen LogP contribution >= 0.6 is 15.9 Å². The average Bonchev–Trinajstić information content (AvgIpc) is 2.31. The lowest BCUT2D eigenvalue weighted by atomic mass is 10.0. The van der Waals surface area contributed by atoms with E-state index in [0.29, 0.717) is 0 Å². The number of unbranched alkanes of at least 4 members (excludes halogenated alkanes) is 8. The molecule has 0 aromatic heterocycles. The largest absolute Gasteiger partial charge is 0.389 e. The second-order valence-corrected chi connectivity index (χ2v) is 5.81. The van der Waals surface area contributed by atoms with Gasteiger partial charge in [-0.05, 0) is 19.8 Å². The first-order valence-electron chi connectivity index (χ1n) is 7.08. The zero-order valence-electron chi connectivity index (χ0n) is 11.4. The van der Waals surface area contributed by atoms with E-state index in [-0.39, 0.29) is 6.10 Å². The van der Waals surface area contributed by atoms with Crippen LogP contribution in [0.1, 0.15) is 71.1 Å². The standard InChI is InChI=1S/C15H29BrO/c1-14(2)15(17)12-10-8-6-4-3-5-7-9-11-13-16/h15,17H,1,3-13H2,2H3. The van der Waals surface area contributed by atoms with Gasteiger partial charge in [-0.3, -0.25) is 0 Å². The van der Waals surface area contributed by atoms with Crippen LogP contribution in [0.2, 0.25) is 0 Å². The number of hydrogen-bond acceptors (Lipinski definition) is 1. The van der Waals surface area contributed by atoms with Gasteiger partial charge in [-0.2, -0.15) is 0 Å². The molecular formula is C15H29BrO. The van der Waals surface area contributed by atoms with E-state index >= 15 is 0 Å². The molecule has 0 aliphatic carbocycles. The molecule has 0 amide bonds. The van der Waals surface area contributed by atoms with Gasteiger partial charge in [0.25, 0.3) is 0 Å². The fourth-order valence-electron chi connectivity index (χ4n) is 1.92. The van der Waals surface area contributed by atoms with Crippen molar-refractivity contribution in [3.63, 3.8) is 0 Å². The Labute approximate surface area is 116 Å². The van der Waals surface area contributed by atoms with Crippen molar-refractivity contribution >= 4 is 15.9 Å². The molecule has 1 unspecified atom stereocenters. The highest BCUT2D eigenvalue weighted by atomic mass is 79.9. The van der Waals surface area contributed by atoms with Crippen molar-refractivity contribution in [2.45, 2.75) is 77.2 Å². The maximum absolute atomic E-state index is 9.55. The van der Waals surface area contributed by atoms with Crippen LogP contribution in [0.25, 0.3) is 0 Å². The maximum atomic E-state index is 9.55. The number of hydrogen-bond donors (Lipinski definition) is 1. The van der Waals surface area contributed by atoms with E-state index in [0.717, 1.165) is 23.7 Å². The molecule has 0 saturated heterocycles. The smallest absolute Gasteiger partial charge is 0.0744 e. The second kappa shape index (κ2) is 12.6. The Balaban J connectivity index is 3.06. The summed E-state index contributed by atoms with van der Waals surface area (Å²) in [6.45, 7) is 5.67. The molecule has 0 heterocycles. The molecular weight excluding hydrogens is 276 g/mol. The highest BCUT2D eigenvalue weighted by molar-refractivity contribution is 9.09. The molecule has 1 N–H and O–H groups in total. The molecule has 0 bridgehead atoms. The first-order valence-corrected chi connectivity index (χ1v) is 8.20. The summed E-state index contributed by atoms with van der Waals surface area (Å²) in [5.41, 5.74) is 0.900. The fourth-order valence-corrected chi connectivity index (χ4v) is 2.31. The molecule has 1 atom stereocenters. The van der Waals surface area contributed by atoms with Crippen LogP contribution in [0.4, 0.5) is 0 Å². The van der Waals surface area contributed by atoms with Gasteiger partial charge in [0.2, 0.25) is 0 Å². The minimum atomic E-state index is -0.278. The lowest BCUT2D eigenvalue weighted by Gasteiger charge is -2.09. The van der Waals surface area contributed by atoms with E-state index in [2.05, 4.69) is 22.5 Å². The zero-order chi connectivity index (χ0) is 12.9. The summed E-state index contributed by atoms with van der Waals surface area (Å²) in [7, 11) is 0. The summed E-state index contributed by atoms with van der Waals surface area (Å²) in [4.78, 5) is 0. The predicted octanol–water partition coefficient (Wildman–Crippen LogP) is 5.22. The Morgan fingerprint density at radius 1 is 0.941 bits per heavy atom. The van der Waals surface area contributed by atoms with E-state index in [9.17, 15) is 5.11 Å². The fraction of sp³-hybridized carbons (Fsp3) is 0.867. The van der Waals surface area contributed by atoms with Crippen molar-refractivity contribution in [3.05, 3.63) is 12.2 Å². The van der Waals surface area contributed by atoms with Crippen LogP contribution in [0.5, 0.6) is 0 Å². The van der Waals surface area contributed by atoms with Crippen LogP contribution in [0.3, 0.4) is 0 Å². The topological polar surface area (TPSA) is 20.2 Å². The molecule has 0 saturated carbocycles. The van der Waals surface area contributed by atoms with Gasteiger partial charge in [0.15, 0.2) is 0 Å². The Morgan fingerprint density at radius 3 is 1.76 bits per heavy atom. The Kier molecular flexibility index (Phi) is 12.8. The zero-order valence-corrected chi connectivity index (χ0v) is 13.0. The van der Waals surface area contributed by atoms with Crippen LogP contribution < -0.4 is 0 Å². The Bertz CT molecular complexity index is 180. The second-order valence-electron chi connectivity index (χ2n) is 5.02. The summed E-state index contributed by atoms with van der Waals surface area (Å²) in [6.07, 6.45) is 12.5. The molecule has 0 aromatic rings. The van der Waals surface area contributed by atoms with E-state index in [1.165, 1.54) is 51.4 Å². The number of halogens is 1. The minimum Gasteiger partial charge on any atom is -0.389 e. The average molecular weight is 305 g/mol. The van der Waals surface area contributed by atoms with Crippen molar-refractivity contribution in [3.8, 4) is 0 Å². The number of rotatable bonds is 12. The first-order chi connectivity index (χ1) is 8.18. The van der Waals surface area contributed by atoms with Gasteiger partial charge >= 0.3 is 0 Å². The van der Waals surface area contributed by atoms with Crippen molar-refractivity contribution in [1.29, 1.82) is 0 Å². The van der Waals surface area contributed by atoms with Gasteiger partial charge in [0, 0.05) is 5.33 Å². The number of alkyl halides is 1. The number of aliphatic hydroxyl groups is 1. The van der Waals surface area contributed by atoms with Crippen molar-refractivity contribution < 1.29 is 5.11 Å². The van der Waals surface area contributed by atoms with Crippen LogP contribution in [0, 0.1) is 0 Å². The molecule has 2 heteroatoms. The summed E-state index contributed by atoms with van der Waals surface area (Å²) in [5.74, 6) is 0. The molecule has 1 nitrogen and oxygen atoms in total. The summed E-state index contributed by atoms with van der Waals surface area (Å²) >= 11 is 3.46.